The molecule has 0 spiro atoms. The molecule has 1 atom stereocenters. The number of amides is 1. The van der Waals surface area contributed by atoms with Crippen LogP contribution >= 0.6 is 12.2 Å². The van der Waals surface area contributed by atoms with E-state index in [-0.39, 0.29) is 18.1 Å². The van der Waals surface area contributed by atoms with Gasteiger partial charge in [0.05, 0.1) is 5.69 Å². The summed E-state index contributed by atoms with van der Waals surface area (Å²) in [5.74, 6) is -0.276. The summed E-state index contributed by atoms with van der Waals surface area (Å²) in [6.07, 6.45) is 0.0568. The lowest BCUT2D eigenvalue weighted by molar-refractivity contribution is -0.117. The van der Waals surface area contributed by atoms with Crippen molar-refractivity contribution < 1.29 is 9.59 Å². The maximum atomic E-state index is 13.3. The van der Waals surface area contributed by atoms with E-state index in [0.717, 1.165) is 5.69 Å². The van der Waals surface area contributed by atoms with Crippen molar-refractivity contribution in [1.82, 2.24) is 0 Å². The molecule has 138 valence electrons. The van der Waals surface area contributed by atoms with Gasteiger partial charge in [-0.1, -0.05) is 66.7 Å². The minimum atomic E-state index is -0.678. The highest BCUT2D eigenvalue weighted by atomic mass is 32.1. The Bertz CT molecular complexity index is 1010. The number of hydrogen-bond acceptors (Lipinski definition) is 3. The number of nitrogens with zero attached hydrogens (tertiary/aromatic N) is 2. The Morgan fingerprint density at radius 1 is 0.786 bits per heavy atom. The summed E-state index contributed by atoms with van der Waals surface area (Å²) in [6.45, 7) is 0. The predicted octanol–water partition coefficient (Wildman–Crippen LogP) is 4.47. The van der Waals surface area contributed by atoms with Crippen molar-refractivity contribution in [1.29, 1.82) is 0 Å². The number of carbonyl (C=O) groups is 2. The Kier molecular flexibility index (Phi) is 5.00. The first-order valence-corrected chi connectivity index (χ1v) is 9.43. The Morgan fingerprint density at radius 3 is 1.86 bits per heavy atom. The first-order chi connectivity index (χ1) is 13.7. The molecule has 3 aromatic rings. The van der Waals surface area contributed by atoms with Crippen LogP contribution in [-0.2, 0) is 4.79 Å². The molecule has 0 aliphatic carbocycles. The molecule has 1 aliphatic heterocycles. The van der Waals surface area contributed by atoms with Gasteiger partial charge in [0.2, 0.25) is 0 Å². The monoisotopic (exact) mass is 386 g/mol. The van der Waals surface area contributed by atoms with E-state index in [0.29, 0.717) is 16.4 Å². The molecule has 0 saturated carbocycles. The molecular formula is C23H18N2O2S. The topological polar surface area (TPSA) is 40.6 Å². The van der Waals surface area contributed by atoms with E-state index in [1.807, 2.05) is 78.9 Å². The molecule has 1 heterocycles. The van der Waals surface area contributed by atoms with Crippen LogP contribution in [0.3, 0.4) is 0 Å². The fraction of sp³-hybridized carbons (Fsp3) is 0.0870. The maximum Gasteiger partial charge on any atom is 0.256 e. The Labute approximate surface area is 169 Å². The van der Waals surface area contributed by atoms with E-state index in [4.69, 9.17) is 12.2 Å². The molecule has 1 fully saturated rings. The van der Waals surface area contributed by atoms with Gasteiger partial charge in [-0.2, -0.15) is 0 Å². The van der Waals surface area contributed by atoms with Crippen molar-refractivity contribution in [2.45, 2.75) is 12.5 Å². The molecule has 1 saturated heterocycles. The minimum absolute atomic E-state index is 0.0568. The normalized spacial score (nSPS) is 16.5. The van der Waals surface area contributed by atoms with Gasteiger partial charge < -0.3 is 4.90 Å². The summed E-state index contributed by atoms with van der Waals surface area (Å²) in [5, 5.41) is 0.383. The van der Waals surface area contributed by atoms with E-state index >= 15 is 0 Å². The van der Waals surface area contributed by atoms with Crippen LogP contribution in [0, 0.1) is 0 Å². The highest BCUT2D eigenvalue weighted by Crippen LogP contribution is 2.31. The van der Waals surface area contributed by atoms with Crippen LogP contribution in [0.5, 0.6) is 0 Å². The fourth-order valence-electron chi connectivity index (χ4n) is 3.38. The van der Waals surface area contributed by atoms with Gasteiger partial charge in [0, 0.05) is 17.7 Å². The smallest absolute Gasteiger partial charge is 0.256 e. The van der Waals surface area contributed by atoms with Crippen LogP contribution in [0.25, 0.3) is 0 Å². The lowest BCUT2D eigenvalue weighted by atomic mass is 10.0. The van der Waals surface area contributed by atoms with Gasteiger partial charge in [0.15, 0.2) is 10.9 Å². The molecule has 5 heteroatoms. The van der Waals surface area contributed by atoms with Crippen molar-refractivity contribution in [3.05, 3.63) is 96.6 Å². The first kappa shape index (κ1) is 18.1. The minimum Gasteiger partial charge on any atom is -0.305 e. The fourth-order valence-corrected chi connectivity index (χ4v) is 3.81. The van der Waals surface area contributed by atoms with Gasteiger partial charge in [-0.25, -0.2) is 0 Å². The number of rotatable bonds is 5. The van der Waals surface area contributed by atoms with Crippen molar-refractivity contribution >= 4 is 40.4 Å². The summed E-state index contributed by atoms with van der Waals surface area (Å²) in [5.41, 5.74) is 2.09. The van der Waals surface area contributed by atoms with Crippen LogP contribution in [0.2, 0.25) is 0 Å². The van der Waals surface area contributed by atoms with Crippen molar-refractivity contribution in [3.63, 3.8) is 0 Å². The molecule has 1 aliphatic rings. The largest absolute Gasteiger partial charge is 0.305 e. The van der Waals surface area contributed by atoms with Gasteiger partial charge in [0.1, 0.15) is 6.04 Å². The number of anilines is 2. The van der Waals surface area contributed by atoms with Crippen LogP contribution in [-0.4, -0.2) is 22.8 Å². The molecule has 0 bridgehead atoms. The van der Waals surface area contributed by atoms with E-state index in [9.17, 15) is 9.59 Å². The van der Waals surface area contributed by atoms with Crippen molar-refractivity contribution in [3.8, 4) is 0 Å². The SMILES string of the molecule is O=C(C[C@H]1C(=O)N(c2ccccc2)C(=S)N1c1ccccc1)c1ccccc1. The maximum absolute atomic E-state index is 13.3. The first-order valence-electron chi connectivity index (χ1n) is 9.02. The zero-order valence-electron chi connectivity index (χ0n) is 15.1. The second-order valence-corrected chi connectivity index (χ2v) is 6.87. The summed E-state index contributed by atoms with van der Waals surface area (Å²) in [6, 6.07) is 27.1. The Balaban J connectivity index is 1.72. The van der Waals surface area contributed by atoms with E-state index in [1.165, 1.54) is 4.90 Å². The number of ketones is 1. The van der Waals surface area contributed by atoms with Gasteiger partial charge in [-0.3, -0.25) is 14.5 Å². The van der Waals surface area contributed by atoms with E-state index in [2.05, 4.69) is 0 Å². The summed E-state index contributed by atoms with van der Waals surface area (Å²) in [4.78, 5) is 29.4. The molecular weight excluding hydrogens is 368 g/mol. The van der Waals surface area contributed by atoms with Crippen LogP contribution in [0.1, 0.15) is 16.8 Å². The number of carbonyl (C=O) groups excluding carboxylic acids is 2. The number of thiocarbonyl (C=S) groups is 1. The number of hydrogen-bond donors (Lipinski definition) is 0. The zero-order chi connectivity index (χ0) is 19.5. The molecule has 0 aromatic heterocycles. The standard InChI is InChI=1S/C23H18N2O2S/c26-21(17-10-4-1-5-11-17)16-20-22(27)25(19-14-8-3-9-15-19)23(28)24(20)18-12-6-2-7-13-18/h1-15,20H,16H2/t20-/m0/s1. The third-order valence-corrected chi connectivity index (χ3v) is 5.12. The molecule has 4 rings (SSSR count). The molecule has 0 unspecified atom stereocenters. The number of benzene rings is 3. The van der Waals surface area contributed by atoms with E-state index in [1.54, 1.807) is 17.0 Å². The average molecular weight is 386 g/mol. The van der Waals surface area contributed by atoms with Gasteiger partial charge >= 0.3 is 0 Å². The summed E-state index contributed by atoms with van der Waals surface area (Å²) >= 11 is 5.67. The highest BCUT2D eigenvalue weighted by Gasteiger charge is 2.44. The zero-order valence-corrected chi connectivity index (χ0v) is 15.9. The van der Waals surface area contributed by atoms with Crippen LogP contribution in [0.4, 0.5) is 11.4 Å². The highest BCUT2D eigenvalue weighted by molar-refractivity contribution is 7.81. The molecule has 3 aromatic carbocycles. The molecule has 0 N–H and O–H groups in total. The second kappa shape index (κ2) is 7.74. The molecule has 1 amide bonds. The molecule has 0 radical (unpaired) electrons. The second-order valence-electron chi connectivity index (χ2n) is 6.51. The predicted molar refractivity (Wildman–Crippen MR) is 115 cm³/mol. The molecule has 28 heavy (non-hydrogen) atoms. The van der Waals surface area contributed by atoms with Crippen molar-refractivity contribution in [2.24, 2.45) is 0 Å². The Hall–Kier alpha value is -3.31. The lowest BCUT2D eigenvalue weighted by Crippen LogP contribution is -2.36. The van der Waals surface area contributed by atoms with Crippen molar-refractivity contribution in [2.75, 3.05) is 9.80 Å². The van der Waals surface area contributed by atoms with Crippen LogP contribution in [0.15, 0.2) is 91.0 Å². The lowest BCUT2D eigenvalue weighted by Gasteiger charge is -2.23. The Morgan fingerprint density at radius 2 is 1.29 bits per heavy atom. The number of para-hydroxylation sites is 2. The molecule has 4 nitrogen and oxygen atoms in total. The summed E-state index contributed by atoms with van der Waals surface area (Å²) in [7, 11) is 0. The van der Waals surface area contributed by atoms with Gasteiger partial charge in [0.25, 0.3) is 5.91 Å². The average Bonchev–Trinajstić information content (AvgIpc) is 2.99. The third kappa shape index (κ3) is 3.32. The summed E-state index contributed by atoms with van der Waals surface area (Å²) < 4.78 is 0. The van der Waals surface area contributed by atoms with Gasteiger partial charge in [-0.15, -0.1) is 0 Å². The quantitative estimate of drug-likeness (QED) is 0.479. The van der Waals surface area contributed by atoms with Gasteiger partial charge in [-0.05, 0) is 36.5 Å². The number of Topliss-reactive ketones (excluding diaryl/α,β-unsaturated/α-hetero) is 1. The van der Waals surface area contributed by atoms with Crippen LogP contribution < -0.4 is 9.80 Å². The third-order valence-electron chi connectivity index (χ3n) is 4.74. The van der Waals surface area contributed by atoms with E-state index < -0.39 is 6.04 Å².